The number of thiocarbonyl (C=S) groups is 1. The van der Waals surface area contributed by atoms with Crippen molar-refractivity contribution in [2.75, 3.05) is 12.4 Å². The Balaban J connectivity index is 2.07. The molecule has 1 aromatic carbocycles. The predicted molar refractivity (Wildman–Crippen MR) is 80.4 cm³/mol. The zero-order valence-electron chi connectivity index (χ0n) is 10.6. The van der Waals surface area contributed by atoms with E-state index in [4.69, 9.17) is 22.7 Å². The fraction of sp³-hybridized carbons (Fsp3) is 0.143. The van der Waals surface area contributed by atoms with Crippen LogP contribution in [0.15, 0.2) is 42.7 Å². The number of anilines is 1. The SMILES string of the molecule is COc1ccc(CNc2cnccc2C(N)=S)cc1. The lowest BCUT2D eigenvalue weighted by molar-refractivity contribution is 0.414. The molecule has 5 heteroatoms. The number of nitrogens with two attached hydrogens (primary N) is 1. The van der Waals surface area contributed by atoms with Gasteiger partial charge in [-0.2, -0.15) is 0 Å². The lowest BCUT2D eigenvalue weighted by Gasteiger charge is -2.10. The van der Waals surface area contributed by atoms with Crippen LogP contribution in [0, 0.1) is 0 Å². The molecule has 0 amide bonds. The molecule has 4 nitrogen and oxygen atoms in total. The van der Waals surface area contributed by atoms with Crippen molar-refractivity contribution in [3.8, 4) is 5.75 Å². The summed E-state index contributed by atoms with van der Waals surface area (Å²) in [5.41, 5.74) is 8.45. The van der Waals surface area contributed by atoms with Crippen molar-refractivity contribution in [2.24, 2.45) is 5.73 Å². The van der Waals surface area contributed by atoms with E-state index in [1.54, 1.807) is 25.6 Å². The molecule has 0 saturated heterocycles. The van der Waals surface area contributed by atoms with Crippen LogP contribution in [-0.2, 0) is 6.54 Å². The Morgan fingerprint density at radius 2 is 2.05 bits per heavy atom. The predicted octanol–water partition coefficient (Wildman–Crippen LogP) is 2.34. The van der Waals surface area contributed by atoms with E-state index in [1.165, 1.54) is 0 Å². The number of ether oxygens (including phenoxy) is 1. The lowest BCUT2D eigenvalue weighted by atomic mass is 10.2. The quantitative estimate of drug-likeness (QED) is 0.819. The molecular formula is C14H15N3OS. The molecule has 3 N–H and O–H groups in total. The highest BCUT2D eigenvalue weighted by Gasteiger charge is 2.04. The number of hydrogen-bond acceptors (Lipinski definition) is 4. The summed E-state index contributed by atoms with van der Waals surface area (Å²) in [6.45, 7) is 0.672. The number of aromatic nitrogens is 1. The first-order valence-corrected chi connectivity index (χ1v) is 6.22. The van der Waals surface area contributed by atoms with Gasteiger partial charge in [-0.05, 0) is 23.8 Å². The molecule has 1 heterocycles. The number of hydrogen-bond donors (Lipinski definition) is 2. The summed E-state index contributed by atoms with van der Waals surface area (Å²) in [6.07, 6.45) is 3.39. The highest BCUT2D eigenvalue weighted by Crippen LogP contribution is 2.16. The first-order valence-electron chi connectivity index (χ1n) is 5.81. The third-order valence-corrected chi connectivity index (χ3v) is 2.95. The van der Waals surface area contributed by atoms with Gasteiger partial charge in [-0.15, -0.1) is 0 Å². The van der Waals surface area contributed by atoms with Crippen LogP contribution in [0.5, 0.6) is 5.75 Å². The van der Waals surface area contributed by atoms with Gasteiger partial charge in [0.1, 0.15) is 10.7 Å². The summed E-state index contributed by atoms with van der Waals surface area (Å²) in [5, 5.41) is 3.28. The summed E-state index contributed by atoms with van der Waals surface area (Å²) < 4.78 is 5.12. The summed E-state index contributed by atoms with van der Waals surface area (Å²) in [7, 11) is 1.65. The monoisotopic (exact) mass is 273 g/mol. The smallest absolute Gasteiger partial charge is 0.118 e. The van der Waals surface area contributed by atoms with Crippen LogP contribution in [0.25, 0.3) is 0 Å². The highest BCUT2D eigenvalue weighted by atomic mass is 32.1. The Morgan fingerprint density at radius 3 is 2.68 bits per heavy atom. The van der Waals surface area contributed by atoms with Crippen LogP contribution in [-0.4, -0.2) is 17.1 Å². The highest BCUT2D eigenvalue weighted by molar-refractivity contribution is 7.80. The van der Waals surface area contributed by atoms with Crippen molar-refractivity contribution in [2.45, 2.75) is 6.54 Å². The van der Waals surface area contributed by atoms with Gasteiger partial charge in [0.05, 0.1) is 19.0 Å². The van der Waals surface area contributed by atoms with Gasteiger partial charge in [0, 0.05) is 18.3 Å². The van der Waals surface area contributed by atoms with Gasteiger partial charge in [0.2, 0.25) is 0 Å². The Labute approximate surface area is 117 Å². The molecule has 0 fully saturated rings. The summed E-state index contributed by atoms with van der Waals surface area (Å²) >= 11 is 5.01. The number of nitrogens with one attached hydrogen (secondary N) is 1. The van der Waals surface area contributed by atoms with Crippen LogP contribution in [0.4, 0.5) is 5.69 Å². The second-order valence-electron chi connectivity index (χ2n) is 3.99. The number of nitrogens with zero attached hydrogens (tertiary/aromatic N) is 1. The fourth-order valence-electron chi connectivity index (χ4n) is 1.69. The van der Waals surface area contributed by atoms with Gasteiger partial charge in [-0.25, -0.2) is 0 Å². The average Bonchev–Trinajstić information content (AvgIpc) is 2.46. The van der Waals surface area contributed by atoms with Gasteiger partial charge < -0.3 is 15.8 Å². The van der Waals surface area contributed by atoms with Gasteiger partial charge in [-0.1, -0.05) is 24.4 Å². The van der Waals surface area contributed by atoms with Crippen LogP contribution >= 0.6 is 12.2 Å². The first kappa shape index (κ1) is 13.3. The third kappa shape index (κ3) is 3.42. The number of pyridine rings is 1. The number of methoxy groups -OCH3 is 1. The van der Waals surface area contributed by atoms with E-state index in [1.807, 2.05) is 24.3 Å². The van der Waals surface area contributed by atoms with Crippen LogP contribution in [0.3, 0.4) is 0 Å². The first-order chi connectivity index (χ1) is 9.20. The van der Waals surface area contributed by atoms with E-state index in [9.17, 15) is 0 Å². The number of benzene rings is 1. The standard InChI is InChI=1S/C14H15N3OS/c1-18-11-4-2-10(3-5-11)8-17-13-9-16-7-6-12(13)14(15)19/h2-7,9,17H,8H2,1H3,(H2,15,19). The largest absolute Gasteiger partial charge is 0.497 e. The zero-order valence-corrected chi connectivity index (χ0v) is 11.4. The maximum atomic E-state index is 5.67. The second-order valence-corrected chi connectivity index (χ2v) is 4.43. The van der Waals surface area contributed by atoms with Crippen molar-refractivity contribution in [3.63, 3.8) is 0 Å². The average molecular weight is 273 g/mol. The molecule has 0 atom stereocenters. The Kier molecular flexibility index (Phi) is 4.30. The molecule has 98 valence electrons. The molecule has 0 aliphatic rings. The molecule has 2 rings (SSSR count). The molecular weight excluding hydrogens is 258 g/mol. The molecule has 2 aromatic rings. The molecule has 0 radical (unpaired) electrons. The molecule has 0 saturated carbocycles. The Hall–Kier alpha value is -2.14. The van der Waals surface area contributed by atoms with Gasteiger partial charge in [0.25, 0.3) is 0 Å². The van der Waals surface area contributed by atoms with Crippen molar-refractivity contribution in [1.29, 1.82) is 0 Å². The van der Waals surface area contributed by atoms with Gasteiger partial charge in [-0.3, -0.25) is 4.98 Å². The number of rotatable bonds is 5. The van der Waals surface area contributed by atoms with Crippen molar-refractivity contribution >= 4 is 22.9 Å². The maximum Gasteiger partial charge on any atom is 0.118 e. The second kappa shape index (κ2) is 6.15. The molecule has 0 unspecified atom stereocenters. The van der Waals surface area contributed by atoms with E-state index >= 15 is 0 Å². The summed E-state index contributed by atoms with van der Waals surface area (Å²) in [4.78, 5) is 4.43. The van der Waals surface area contributed by atoms with Crippen molar-refractivity contribution < 1.29 is 4.74 Å². The van der Waals surface area contributed by atoms with Crippen molar-refractivity contribution in [3.05, 3.63) is 53.9 Å². The lowest BCUT2D eigenvalue weighted by Crippen LogP contribution is -2.13. The minimum Gasteiger partial charge on any atom is -0.497 e. The van der Waals surface area contributed by atoms with E-state index in [0.717, 1.165) is 22.6 Å². The molecule has 1 aromatic heterocycles. The Bertz CT molecular complexity index is 569. The fourth-order valence-corrected chi connectivity index (χ4v) is 1.87. The van der Waals surface area contributed by atoms with E-state index in [2.05, 4.69) is 10.3 Å². The van der Waals surface area contributed by atoms with E-state index in [-0.39, 0.29) is 0 Å². The zero-order chi connectivity index (χ0) is 13.7. The molecule has 0 aliphatic carbocycles. The van der Waals surface area contributed by atoms with Crippen LogP contribution < -0.4 is 15.8 Å². The third-order valence-electron chi connectivity index (χ3n) is 2.73. The van der Waals surface area contributed by atoms with Crippen molar-refractivity contribution in [1.82, 2.24) is 4.98 Å². The molecule has 0 bridgehead atoms. The maximum absolute atomic E-state index is 5.67. The summed E-state index contributed by atoms with van der Waals surface area (Å²) in [5.74, 6) is 0.842. The van der Waals surface area contributed by atoms with Gasteiger partial charge in [0.15, 0.2) is 0 Å². The normalized spacial score (nSPS) is 9.95. The minimum atomic E-state index is 0.361. The van der Waals surface area contributed by atoms with E-state index in [0.29, 0.717) is 11.5 Å². The molecule has 19 heavy (non-hydrogen) atoms. The topological polar surface area (TPSA) is 60.2 Å². The van der Waals surface area contributed by atoms with Gasteiger partial charge >= 0.3 is 0 Å². The molecule has 0 spiro atoms. The van der Waals surface area contributed by atoms with Crippen LogP contribution in [0.2, 0.25) is 0 Å². The van der Waals surface area contributed by atoms with E-state index < -0.39 is 0 Å². The van der Waals surface area contributed by atoms with Crippen LogP contribution in [0.1, 0.15) is 11.1 Å². The molecule has 0 aliphatic heterocycles. The summed E-state index contributed by atoms with van der Waals surface area (Å²) in [6, 6.07) is 9.66. The minimum absolute atomic E-state index is 0.361. The Morgan fingerprint density at radius 1 is 1.32 bits per heavy atom.